The van der Waals surface area contributed by atoms with Gasteiger partial charge in [-0.1, -0.05) is 45.9 Å². The number of hydrogen-bond acceptors (Lipinski definition) is 4. The summed E-state index contributed by atoms with van der Waals surface area (Å²) >= 11 is 0. The monoisotopic (exact) mass is 534 g/mol. The molecule has 0 aliphatic heterocycles. The van der Waals surface area contributed by atoms with Crippen LogP contribution in [0.15, 0.2) is 54.6 Å². The van der Waals surface area contributed by atoms with Crippen molar-refractivity contribution in [1.82, 2.24) is 0 Å². The third kappa shape index (κ3) is 5.96. The normalized spacial score (nSPS) is 16.4. The first kappa shape index (κ1) is 28.6. The number of aryl methyl sites for hydroxylation is 1. The van der Waals surface area contributed by atoms with Crippen molar-refractivity contribution in [3.63, 3.8) is 0 Å². The predicted molar refractivity (Wildman–Crippen MR) is 151 cm³/mol. The third-order valence-corrected chi connectivity index (χ3v) is 8.36. The number of methoxy groups -OCH3 is 2. The quantitative estimate of drug-likeness (QED) is 0.270. The van der Waals surface area contributed by atoms with Crippen LogP contribution in [-0.4, -0.2) is 25.3 Å². The number of hydrogen-bond donors (Lipinski definition) is 1. The number of benzene rings is 3. The maximum absolute atomic E-state index is 15.1. The van der Waals surface area contributed by atoms with Gasteiger partial charge in [0, 0.05) is 12.7 Å². The van der Waals surface area contributed by atoms with Crippen molar-refractivity contribution in [2.75, 3.05) is 14.2 Å². The molecule has 3 atom stereocenters. The Hall–Kier alpha value is -3.38. The van der Waals surface area contributed by atoms with Crippen molar-refractivity contribution < 1.29 is 28.5 Å². The van der Waals surface area contributed by atoms with E-state index in [4.69, 9.17) is 14.2 Å². The van der Waals surface area contributed by atoms with Gasteiger partial charge in [-0.25, -0.2) is 4.39 Å². The molecule has 1 N–H and O–H groups in total. The van der Waals surface area contributed by atoms with Gasteiger partial charge in [0.05, 0.1) is 19.1 Å². The highest BCUT2D eigenvalue weighted by Gasteiger charge is 2.33. The fourth-order valence-electron chi connectivity index (χ4n) is 5.61. The van der Waals surface area contributed by atoms with Crippen LogP contribution in [-0.2, 0) is 22.6 Å². The molecule has 0 aromatic heterocycles. The van der Waals surface area contributed by atoms with E-state index in [9.17, 15) is 9.90 Å². The van der Waals surface area contributed by atoms with Gasteiger partial charge >= 0.3 is 5.97 Å². The first-order valence-corrected chi connectivity index (χ1v) is 13.6. The lowest BCUT2D eigenvalue weighted by Crippen LogP contribution is -2.24. The Morgan fingerprint density at radius 3 is 2.46 bits per heavy atom. The molecule has 3 aromatic carbocycles. The van der Waals surface area contributed by atoms with Gasteiger partial charge in [-0.05, 0) is 94.8 Å². The lowest BCUT2D eigenvalue weighted by molar-refractivity contribution is -0.141. The molecule has 0 amide bonds. The van der Waals surface area contributed by atoms with Crippen LogP contribution in [0.5, 0.6) is 11.5 Å². The molecule has 0 heterocycles. The van der Waals surface area contributed by atoms with Gasteiger partial charge in [-0.15, -0.1) is 0 Å². The van der Waals surface area contributed by atoms with Crippen molar-refractivity contribution in [3.05, 3.63) is 82.7 Å². The molecule has 0 spiro atoms. The minimum Gasteiger partial charge on any atom is -0.497 e. The van der Waals surface area contributed by atoms with E-state index in [0.29, 0.717) is 23.7 Å². The van der Waals surface area contributed by atoms with Crippen LogP contribution in [0.4, 0.5) is 4.39 Å². The molecule has 0 radical (unpaired) electrons. The number of rotatable bonds is 11. The molecule has 2 unspecified atom stereocenters. The summed E-state index contributed by atoms with van der Waals surface area (Å²) in [5.74, 6) is -0.263. The van der Waals surface area contributed by atoms with Crippen molar-refractivity contribution in [2.45, 2.75) is 65.6 Å². The van der Waals surface area contributed by atoms with Crippen molar-refractivity contribution in [1.29, 1.82) is 0 Å². The Morgan fingerprint density at radius 2 is 1.79 bits per heavy atom. The Bertz CT molecular complexity index is 1330. The van der Waals surface area contributed by atoms with E-state index < -0.39 is 11.9 Å². The molecule has 0 bridgehead atoms. The fraction of sp³-hybridized carbons (Fsp3) is 0.424. The molecule has 5 nitrogen and oxygen atoms in total. The highest BCUT2D eigenvalue weighted by atomic mass is 19.1. The second-order valence-corrected chi connectivity index (χ2v) is 11.1. The highest BCUT2D eigenvalue weighted by Crippen LogP contribution is 2.44. The van der Waals surface area contributed by atoms with Crippen molar-refractivity contribution in [2.24, 2.45) is 11.3 Å². The molecule has 4 rings (SSSR count). The first-order chi connectivity index (χ1) is 18.6. The van der Waals surface area contributed by atoms with Gasteiger partial charge in [0.15, 0.2) is 0 Å². The SMILES string of the molecule is CCC(C)(C)[C@H](OC)c1cc(COc2ccc3c(c2)C(C(C)C(=O)O)CC3)ccc1-c1cc(OC)ccc1F. The molecular formula is C33H39FO5. The predicted octanol–water partition coefficient (Wildman–Crippen LogP) is 7.95. The zero-order valence-electron chi connectivity index (χ0n) is 23.7. The van der Waals surface area contributed by atoms with Gasteiger partial charge in [0.1, 0.15) is 23.9 Å². The van der Waals surface area contributed by atoms with E-state index in [1.807, 2.05) is 36.4 Å². The number of carboxylic acids is 1. The van der Waals surface area contributed by atoms with E-state index in [-0.39, 0.29) is 23.3 Å². The standard InChI is InChI=1S/C33H39FO5/c1-7-33(3,4)31(38-6)29-16-21(8-13-26(29)28-17-23(37-5)12-15-30(28)34)19-39-24-11-9-22-10-14-25(27(22)18-24)20(2)32(35)36/h8-9,11-13,15-18,20,25,31H,7,10,14,19H2,1-6H3,(H,35,36)/t20?,25?,31-/m1/s1. The zero-order chi connectivity index (χ0) is 28.3. The molecule has 1 aliphatic rings. The van der Waals surface area contributed by atoms with Crippen LogP contribution in [0.3, 0.4) is 0 Å². The first-order valence-electron chi connectivity index (χ1n) is 13.6. The Labute approximate surface area is 230 Å². The number of carbonyl (C=O) groups is 1. The van der Waals surface area contributed by atoms with E-state index in [0.717, 1.165) is 41.5 Å². The lowest BCUT2D eigenvalue weighted by atomic mass is 9.77. The number of fused-ring (bicyclic) bond motifs is 1. The van der Waals surface area contributed by atoms with Gasteiger partial charge in [-0.2, -0.15) is 0 Å². The van der Waals surface area contributed by atoms with Crippen molar-refractivity contribution >= 4 is 5.97 Å². The molecule has 0 saturated carbocycles. The van der Waals surface area contributed by atoms with Crippen LogP contribution < -0.4 is 9.47 Å². The molecule has 0 saturated heterocycles. The summed E-state index contributed by atoms with van der Waals surface area (Å²) in [6.45, 7) is 8.50. The highest BCUT2D eigenvalue weighted by molar-refractivity contribution is 5.72. The summed E-state index contributed by atoms with van der Waals surface area (Å²) in [7, 11) is 3.26. The summed E-state index contributed by atoms with van der Waals surface area (Å²) in [4.78, 5) is 11.6. The fourth-order valence-corrected chi connectivity index (χ4v) is 5.61. The van der Waals surface area contributed by atoms with Crippen LogP contribution in [0.2, 0.25) is 0 Å². The summed E-state index contributed by atoms with van der Waals surface area (Å²) < 4.78 is 32.7. The maximum atomic E-state index is 15.1. The second-order valence-electron chi connectivity index (χ2n) is 11.1. The molecule has 3 aromatic rings. The van der Waals surface area contributed by atoms with Gasteiger partial charge < -0.3 is 19.3 Å². The Kier molecular flexibility index (Phi) is 8.65. The number of carboxylic acid groups (broad SMARTS) is 1. The van der Waals surface area contributed by atoms with E-state index >= 15 is 4.39 Å². The minimum absolute atomic E-state index is 0.0107. The van der Waals surface area contributed by atoms with E-state index in [1.165, 1.54) is 11.6 Å². The molecule has 0 fully saturated rings. The molecule has 6 heteroatoms. The Morgan fingerprint density at radius 1 is 1.05 bits per heavy atom. The largest absolute Gasteiger partial charge is 0.497 e. The van der Waals surface area contributed by atoms with E-state index in [1.54, 1.807) is 33.3 Å². The van der Waals surface area contributed by atoms with Gasteiger partial charge in [0.2, 0.25) is 0 Å². The Balaban J connectivity index is 1.68. The van der Waals surface area contributed by atoms with Gasteiger partial charge in [0.25, 0.3) is 0 Å². The molecule has 208 valence electrons. The summed E-state index contributed by atoms with van der Waals surface area (Å²) in [5, 5.41) is 9.53. The van der Waals surface area contributed by atoms with Crippen LogP contribution in [0.25, 0.3) is 11.1 Å². The second kappa shape index (κ2) is 11.8. The van der Waals surface area contributed by atoms with Gasteiger partial charge in [-0.3, -0.25) is 4.79 Å². The van der Waals surface area contributed by atoms with Crippen molar-refractivity contribution in [3.8, 4) is 22.6 Å². The molecule has 1 aliphatic carbocycles. The molecular weight excluding hydrogens is 495 g/mol. The smallest absolute Gasteiger partial charge is 0.306 e. The average Bonchev–Trinajstić information content (AvgIpc) is 3.35. The number of ether oxygens (including phenoxy) is 3. The zero-order valence-corrected chi connectivity index (χ0v) is 23.7. The van der Waals surface area contributed by atoms with E-state index in [2.05, 4.69) is 20.8 Å². The average molecular weight is 535 g/mol. The summed E-state index contributed by atoms with van der Waals surface area (Å²) in [5.41, 5.74) is 5.10. The summed E-state index contributed by atoms with van der Waals surface area (Å²) in [6.07, 6.45) is 2.32. The third-order valence-electron chi connectivity index (χ3n) is 8.36. The number of halogens is 1. The lowest BCUT2D eigenvalue weighted by Gasteiger charge is -2.34. The maximum Gasteiger partial charge on any atom is 0.306 e. The number of aliphatic carboxylic acids is 1. The van der Waals surface area contributed by atoms with Crippen LogP contribution in [0, 0.1) is 17.2 Å². The minimum atomic E-state index is -0.776. The topological polar surface area (TPSA) is 65.0 Å². The summed E-state index contributed by atoms with van der Waals surface area (Å²) in [6, 6.07) is 16.7. The molecule has 39 heavy (non-hydrogen) atoms. The van der Waals surface area contributed by atoms with Crippen LogP contribution in [0.1, 0.15) is 74.8 Å². The van der Waals surface area contributed by atoms with Crippen LogP contribution >= 0.6 is 0 Å².